The average Bonchev–Trinajstić information content (AvgIpc) is 2.87. The van der Waals surface area contributed by atoms with Crippen LogP contribution in [-0.2, 0) is 35.3 Å². The maximum atomic E-state index is 13.2. The van der Waals surface area contributed by atoms with E-state index in [-0.39, 0.29) is 44.4 Å². The summed E-state index contributed by atoms with van der Waals surface area (Å²) in [6.07, 6.45) is 1.60. The largest absolute Gasteiger partial charge is 0.461 e. The molecule has 0 aliphatic carbocycles. The van der Waals surface area contributed by atoms with Gasteiger partial charge >= 0.3 is 12.0 Å². The van der Waals surface area contributed by atoms with Gasteiger partial charge in [0.05, 0.1) is 6.61 Å². The number of nitrogens with one attached hydrogen (secondary N) is 4. The van der Waals surface area contributed by atoms with Crippen molar-refractivity contribution in [3.05, 3.63) is 29.8 Å². The Morgan fingerprint density at radius 2 is 1.57 bits per heavy atom. The molecule has 6 N–H and O–H groups in total. The lowest BCUT2D eigenvalue weighted by atomic mass is 10.0. The van der Waals surface area contributed by atoms with Gasteiger partial charge in [0, 0.05) is 32.2 Å². The molecule has 2 atom stereocenters. The van der Waals surface area contributed by atoms with Crippen LogP contribution in [0.3, 0.4) is 0 Å². The number of hydrogen-bond acceptors (Lipinski definition) is 7. The standard InChI is InChI=1S/C28H45N5O7/c1-18(2)12-15-39-16-13-24(35)33-25(19(3)4)27(37)32-23(7-6-14-30-28(29)38)26(36)31-22-10-8-21(9-11-22)17-40-20(5)34/h8-11,18-19,23,25H,6-7,12-17H2,1-5H3,(H,31,36)(H,32,37)(H,33,35)(H3,29,30,38)/t23-,25-/m0/s1. The quantitative estimate of drug-likeness (QED) is 0.134. The summed E-state index contributed by atoms with van der Waals surface area (Å²) >= 11 is 0. The fourth-order valence-corrected chi connectivity index (χ4v) is 3.51. The molecular formula is C28H45N5O7. The number of amides is 5. The van der Waals surface area contributed by atoms with Crippen LogP contribution in [0.15, 0.2) is 24.3 Å². The van der Waals surface area contributed by atoms with Crippen LogP contribution in [0.2, 0.25) is 0 Å². The van der Waals surface area contributed by atoms with Crippen LogP contribution in [0.5, 0.6) is 0 Å². The number of carbonyl (C=O) groups excluding carboxylic acids is 5. The van der Waals surface area contributed by atoms with Crippen molar-refractivity contribution in [1.29, 1.82) is 0 Å². The Kier molecular flexibility index (Phi) is 16.0. The first-order chi connectivity index (χ1) is 18.9. The van der Waals surface area contributed by atoms with Crippen molar-refractivity contribution in [2.45, 2.75) is 79.0 Å². The number of anilines is 1. The molecule has 1 rings (SSSR count). The van der Waals surface area contributed by atoms with Crippen molar-refractivity contribution in [2.75, 3.05) is 25.1 Å². The van der Waals surface area contributed by atoms with Gasteiger partial charge in [0.25, 0.3) is 0 Å². The Morgan fingerprint density at radius 1 is 0.900 bits per heavy atom. The molecule has 0 heterocycles. The molecular weight excluding hydrogens is 518 g/mol. The number of ether oxygens (including phenoxy) is 2. The van der Waals surface area contributed by atoms with Gasteiger partial charge in [0.2, 0.25) is 17.7 Å². The van der Waals surface area contributed by atoms with E-state index in [0.717, 1.165) is 12.0 Å². The molecule has 1 aromatic carbocycles. The van der Waals surface area contributed by atoms with Gasteiger partial charge in [0.1, 0.15) is 18.7 Å². The molecule has 1 aromatic rings. The van der Waals surface area contributed by atoms with Crippen LogP contribution in [0, 0.1) is 11.8 Å². The van der Waals surface area contributed by atoms with Crippen LogP contribution in [0.4, 0.5) is 10.5 Å². The van der Waals surface area contributed by atoms with Gasteiger partial charge in [0.15, 0.2) is 0 Å². The second-order valence-corrected chi connectivity index (χ2v) is 10.3. The summed E-state index contributed by atoms with van der Waals surface area (Å²) in [5.41, 5.74) is 6.34. The number of benzene rings is 1. The van der Waals surface area contributed by atoms with E-state index in [1.165, 1.54) is 6.92 Å². The molecule has 224 valence electrons. The Bertz CT molecular complexity index is 966. The highest BCUT2D eigenvalue weighted by molar-refractivity contribution is 5.98. The predicted molar refractivity (Wildman–Crippen MR) is 151 cm³/mol. The molecule has 0 aromatic heterocycles. The van der Waals surface area contributed by atoms with Crippen molar-refractivity contribution in [3.8, 4) is 0 Å². The Hall–Kier alpha value is -3.67. The summed E-state index contributed by atoms with van der Waals surface area (Å²) in [5, 5.41) is 10.7. The lowest BCUT2D eigenvalue weighted by molar-refractivity contribution is -0.142. The number of hydrogen-bond donors (Lipinski definition) is 5. The molecule has 12 nitrogen and oxygen atoms in total. The maximum absolute atomic E-state index is 13.2. The van der Waals surface area contributed by atoms with Crippen LogP contribution < -0.4 is 27.0 Å². The van der Waals surface area contributed by atoms with Crippen molar-refractivity contribution in [3.63, 3.8) is 0 Å². The molecule has 0 saturated heterocycles. The molecule has 12 heteroatoms. The van der Waals surface area contributed by atoms with Gasteiger partial charge in [-0.25, -0.2) is 4.79 Å². The Morgan fingerprint density at radius 3 is 2.15 bits per heavy atom. The topological polar surface area (TPSA) is 178 Å². The molecule has 0 bridgehead atoms. The normalized spacial score (nSPS) is 12.4. The number of primary amides is 1. The van der Waals surface area contributed by atoms with Gasteiger partial charge in [-0.1, -0.05) is 39.8 Å². The smallest absolute Gasteiger partial charge is 0.312 e. The minimum absolute atomic E-state index is 0.113. The summed E-state index contributed by atoms with van der Waals surface area (Å²) in [6.45, 7) is 10.3. The van der Waals surface area contributed by atoms with Gasteiger partial charge in [-0.05, 0) is 48.8 Å². The number of urea groups is 1. The fourth-order valence-electron chi connectivity index (χ4n) is 3.51. The first-order valence-corrected chi connectivity index (χ1v) is 13.6. The van der Waals surface area contributed by atoms with Crippen molar-refractivity contribution in [1.82, 2.24) is 16.0 Å². The molecule has 5 amide bonds. The zero-order valence-electron chi connectivity index (χ0n) is 24.2. The minimum atomic E-state index is -0.944. The summed E-state index contributed by atoms with van der Waals surface area (Å²) in [6, 6.07) is 4.24. The number of carbonyl (C=O) groups is 5. The van der Waals surface area contributed by atoms with Gasteiger partial charge in [-0.3, -0.25) is 19.2 Å². The summed E-state index contributed by atoms with van der Waals surface area (Å²) in [7, 11) is 0. The minimum Gasteiger partial charge on any atom is -0.461 e. The Labute approximate surface area is 236 Å². The molecule has 0 fully saturated rings. The number of nitrogens with two attached hydrogens (primary N) is 1. The van der Waals surface area contributed by atoms with Crippen molar-refractivity contribution in [2.24, 2.45) is 17.6 Å². The van der Waals surface area contributed by atoms with E-state index in [1.807, 2.05) is 0 Å². The summed E-state index contributed by atoms with van der Waals surface area (Å²) in [5.74, 6) is -1.41. The average molecular weight is 564 g/mol. The molecule has 0 aliphatic heterocycles. The van der Waals surface area contributed by atoms with E-state index in [4.69, 9.17) is 15.2 Å². The molecule has 0 unspecified atom stereocenters. The first-order valence-electron chi connectivity index (χ1n) is 13.6. The highest BCUT2D eigenvalue weighted by Gasteiger charge is 2.28. The third-order valence-corrected chi connectivity index (χ3v) is 5.84. The monoisotopic (exact) mass is 563 g/mol. The summed E-state index contributed by atoms with van der Waals surface area (Å²) in [4.78, 5) is 60.8. The SMILES string of the molecule is CC(=O)OCc1ccc(NC(=O)[C@H](CCCNC(N)=O)NC(=O)[C@@H](NC(=O)CCOCCC(C)C)C(C)C)cc1. The fraction of sp³-hybridized carbons (Fsp3) is 0.607. The Balaban J connectivity index is 2.82. The zero-order valence-corrected chi connectivity index (χ0v) is 24.2. The highest BCUT2D eigenvalue weighted by Crippen LogP contribution is 2.13. The van der Waals surface area contributed by atoms with Crippen LogP contribution in [0.25, 0.3) is 0 Å². The molecule has 40 heavy (non-hydrogen) atoms. The second kappa shape index (κ2) is 18.6. The molecule has 0 aliphatic rings. The molecule has 0 saturated carbocycles. The van der Waals surface area contributed by atoms with Crippen LogP contribution in [-0.4, -0.2) is 61.6 Å². The van der Waals surface area contributed by atoms with Gasteiger partial charge in [-0.15, -0.1) is 0 Å². The van der Waals surface area contributed by atoms with Crippen LogP contribution in [0.1, 0.15) is 65.9 Å². The first kappa shape index (κ1) is 34.4. The zero-order chi connectivity index (χ0) is 30.1. The van der Waals surface area contributed by atoms with Gasteiger partial charge < -0.3 is 36.5 Å². The third kappa shape index (κ3) is 15.1. The van der Waals surface area contributed by atoms with E-state index < -0.39 is 35.9 Å². The third-order valence-electron chi connectivity index (χ3n) is 5.84. The number of esters is 1. The molecule has 0 radical (unpaired) electrons. The van der Waals surface area contributed by atoms with E-state index in [2.05, 4.69) is 35.1 Å². The molecule has 0 spiro atoms. The second-order valence-electron chi connectivity index (χ2n) is 10.3. The summed E-state index contributed by atoms with van der Waals surface area (Å²) < 4.78 is 10.5. The predicted octanol–water partition coefficient (Wildman–Crippen LogP) is 2.22. The lowest BCUT2D eigenvalue weighted by Crippen LogP contribution is -2.54. The highest BCUT2D eigenvalue weighted by atomic mass is 16.5. The number of rotatable bonds is 18. The van der Waals surface area contributed by atoms with E-state index in [9.17, 15) is 24.0 Å². The van der Waals surface area contributed by atoms with Crippen LogP contribution >= 0.6 is 0 Å². The lowest BCUT2D eigenvalue weighted by Gasteiger charge is -2.25. The van der Waals surface area contributed by atoms with Crippen molar-refractivity contribution < 1.29 is 33.4 Å². The maximum Gasteiger partial charge on any atom is 0.312 e. The van der Waals surface area contributed by atoms with E-state index >= 15 is 0 Å². The van der Waals surface area contributed by atoms with Crippen molar-refractivity contribution >= 4 is 35.4 Å². The van der Waals surface area contributed by atoms with Gasteiger partial charge in [-0.2, -0.15) is 0 Å². The van der Waals surface area contributed by atoms with E-state index in [0.29, 0.717) is 24.6 Å². The van der Waals surface area contributed by atoms with E-state index in [1.54, 1.807) is 38.1 Å².